The summed E-state index contributed by atoms with van der Waals surface area (Å²) in [5, 5.41) is 7.51. The summed E-state index contributed by atoms with van der Waals surface area (Å²) in [6.45, 7) is 1.38. The maximum absolute atomic E-state index is 11.6. The Morgan fingerprint density at radius 3 is 2.68 bits per heavy atom. The van der Waals surface area contributed by atoms with E-state index >= 15 is 0 Å². The highest BCUT2D eigenvalue weighted by atomic mass is 35.5. The number of ether oxygens (including phenoxy) is 1. The first kappa shape index (κ1) is 14.1. The number of hydrogen-bond donors (Lipinski definition) is 1. The van der Waals surface area contributed by atoms with E-state index in [1.165, 1.54) is 0 Å². The molecule has 1 aliphatic rings. The number of nitrogens with zero attached hydrogens (tertiary/aromatic N) is 2. The molecule has 2 rings (SSSR count). The Morgan fingerprint density at radius 1 is 1.42 bits per heavy atom. The predicted molar refractivity (Wildman–Crippen MR) is 75.2 cm³/mol. The molecule has 0 spiro atoms. The van der Waals surface area contributed by atoms with Crippen LogP contribution in [0.3, 0.4) is 0 Å². The van der Waals surface area contributed by atoms with E-state index in [4.69, 9.17) is 16.3 Å². The topological polar surface area (TPSA) is 44.8 Å². The van der Waals surface area contributed by atoms with Crippen LogP contribution in [0.25, 0.3) is 0 Å². The number of likely N-dealkylation sites (N-methyl/N-ethyl adjacent to an activating group) is 1. The summed E-state index contributed by atoms with van der Waals surface area (Å²) in [4.78, 5) is 11.6. The molecule has 1 N–H and O–H groups in total. The van der Waals surface area contributed by atoms with Gasteiger partial charge >= 0.3 is 6.09 Å². The van der Waals surface area contributed by atoms with Crippen LogP contribution in [0, 0.1) is 0 Å². The average molecular weight is 284 g/mol. The van der Waals surface area contributed by atoms with Crippen molar-refractivity contribution in [3.8, 4) is 0 Å². The Kier molecular flexibility index (Phi) is 4.63. The summed E-state index contributed by atoms with van der Waals surface area (Å²) >= 11 is 5.77. The Labute approximate surface area is 118 Å². The van der Waals surface area contributed by atoms with Gasteiger partial charge in [-0.2, -0.15) is 0 Å². The zero-order valence-electron chi connectivity index (χ0n) is 11.1. The summed E-state index contributed by atoms with van der Waals surface area (Å²) in [7, 11) is 4.02. The molecule has 0 aliphatic carbocycles. The van der Waals surface area contributed by atoms with E-state index in [-0.39, 0.29) is 6.04 Å². The first-order valence-electron chi connectivity index (χ1n) is 6.19. The molecule has 5 nitrogen and oxygen atoms in total. The Hall–Kier alpha value is -1.30. The number of hydrazine groups is 1. The molecule has 0 radical (unpaired) electrons. The highest BCUT2D eigenvalue weighted by molar-refractivity contribution is 6.30. The van der Waals surface area contributed by atoms with Gasteiger partial charge in [-0.15, -0.1) is 0 Å². The molecular weight excluding hydrogens is 266 g/mol. The van der Waals surface area contributed by atoms with Crippen LogP contribution in [-0.2, 0) is 4.74 Å². The normalized spacial score (nSPS) is 20.5. The predicted octanol–water partition coefficient (Wildman–Crippen LogP) is 2.44. The lowest BCUT2D eigenvalue weighted by Crippen LogP contribution is -2.38. The standard InChI is InChI=1S/C13H18ClN3O2/c1-16-8-7-12(17(16)2)9-19-13(18)15-11-5-3-10(14)4-6-11/h3-6,12H,7-9H2,1-2H3,(H,15,18). The lowest BCUT2D eigenvalue weighted by atomic mass is 10.2. The van der Waals surface area contributed by atoms with Crippen molar-refractivity contribution in [3.63, 3.8) is 0 Å². The molecular formula is C13H18ClN3O2. The van der Waals surface area contributed by atoms with Gasteiger partial charge in [-0.25, -0.2) is 14.8 Å². The molecule has 104 valence electrons. The van der Waals surface area contributed by atoms with Crippen LogP contribution in [0.4, 0.5) is 10.5 Å². The van der Waals surface area contributed by atoms with E-state index in [9.17, 15) is 4.79 Å². The number of carbonyl (C=O) groups excluding carboxylic acids is 1. The first-order chi connectivity index (χ1) is 9.06. The third-order valence-corrected chi connectivity index (χ3v) is 3.60. The van der Waals surface area contributed by atoms with E-state index in [1.807, 2.05) is 14.1 Å². The first-order valence-corrected chi connectivity index (χ1v) is 6.57. The van der Waals surface area contributed by atoms with Crippen molar-refractivity contribution in [2.75, 3.05) is 32.6 Å². The molecule has 1 aromatic rings. The third kappa shape index (κ3) is 3.83. The van der Waals surface area contributed by atoms with Gasteiger partial charge in [0.05, 0.1) is 6.04 Å². The second-order valence-electron chi connectivity index (χ2n) is 4.63. The van der Waals surface area contributed by atoms with Gasteiger partial charge in [0.15, 0.2) is 0 Å². The van der Waals surface area contributed by atoms with E-state index in [0.29, 0.717) is 17.3 Å². The lowest BCUT2D eigenvalue weighted by molar-refractivity contribution is 0.0266. The fourth-order valence-electron chi connectivity index (χ4n) is 2.01. The van der Waals surface area contributed by atoms with Crippen molar-refractivity contribution in [1.29, 1.82) is 0 Å². The summed E-state index contributed by atoms with van der Waals surface area (Å²) in [5.41, 5.74) is 0.672. The van der Waals surface area contributed by atoms with E-state index < -0.39 is 6.09 Å². The van der Waals surface area contributed by atoms with Gasteiger partial charge < -0.3 is 4.74 Å². The van der Waals surface area contributed by atoms with Gasteiger partial charge in [-0.05, 0) is 30.7 Å². The number of nitrogens with one attached hydrogen (secondary N) is 1. The zero-order valence-corrected chi connectivity index (χ0v) is 11.9. The number of halogens is 1. The highest BCUT2D eigenvalue weighted by Crippen LogP contribution is 2.16. The van der Waals surface area contributed by atoms with Gasteiger partial charge in [0.1, 0.15) is 6.61 Å². The van der Waals surface area contributed by atoms with Crippen LogP contribution >= 0.6 is 11.6 Å². The Morgan fingerprint density at radius 2 is 2.11 bits per heavy atom. The van der Waals surface area contributed by atoms with Gasteiger partial charge in [0.25, 0.3) is 0 Å². The summed E-state index contributed by atoms with van der Waals surface area (Å²) in [6, 6.07) is 7.16. The van der Waals surface area contributed by atoms with Crippen molar-refractivity contribution in [3.05, 3.63) is 29.3 Å². The largest absolute Gasteiger partial charge is 0.448 e. The molecule has 0 saturated carbocycles. The number of carbonyl (C=O) groups is 1. The zero-order chi connectivity index (χ0) is 13.8. The fourth-order valence-corrected chi connectivity index (χ4v) is 2.14. The second kappa shape index (κ2) is 6.23. The summed E-state index contributed by atoms with van der Waals surface area (Å²) in [6.07, 6.45) is 0.562. The molecule has 6 heteroatoms. The minimum absolute atomic E-state index is 0.251. The number of hydrogen-bond acceptors (Lipinski definition) is 4. The SMILES string of the molecule is CN1CCC(COC(=O)Nc2ccc(Cl)cc2)N1C. The Balaban J connectivity index is 1.77. The molecule has 1 aromatic carbocycles. The van der Waals surface area contributed by atoms with E-state index in [1.54, 1.807) is 24.3 Å². The Bertz CT molecular complexity index is 438. The van der Waals surface area contributed by atoms with Crippen molar-refractivity contribution in [2.24, 2.45) is 0 Å². The average Bonchev–Trinajstić information content (AvgIpc) is 2.70. The summed E-state index contributed by atoms with van der Waals surface area (Å²) < 4.78 is 5.23. The van der Waals surface area contributed by atoms with Gasteiger partial charge in [0.2, 0.25) is 0 Å². The van der Waals surface area contributed by atoms with Crippen LogP contribution in [-0.4, -0.2) is 49.4 Å². The van der Waals surface area contributed by atoms with Crippen molar-refractivity contribution < 1.29 is 9.53 Å². The van der Waals surface area contributed by atoms with Crippen molar-refractivity contribution in [2.45, 2.75) is 12.5 Å². The van der Waals surface area contributed by atoms with Crippen molar-refractivity contribution in [1.82, 2.24) is 10.0 Å². The maximum Gasteiger partial charge on any atom is 0.411 e. The maximum atomic E-state index is 11.6. The third-order valence-electron chi connectivity index (χ3n) is 3.35. The molecule has 0 aromatic heterocycles. The minimum Gasteiger partial charge on any atom is -0.448 e. The number of benzene rings is 1. The van der Waals surface area contributed by atoms with Crippen LogP contribution < -0.4 is 5.32 Å². The molecule has 1 saturated heterocycles. The lowest BCUT2D eigenvalue weighted by Gasteiger charge is -2.24. The van der Waals surface area contributed by atoms with Crippen molar-refractivity contribution >= 4 is 23.4 Å². The molecule has 1 fully saturated rings. The van der Waals surface area contributed by atoms with Crippen LogP contribution in [0.2, 0.25) is 5.02 Å². The number of rotatable bonds is 3. The van der Waals surface area contributed by atoms with E-state index in [2.05, 4.69) is 15.3 Å². The van der Waals surface area contributed by atoms with Crippen LogP contribution in [0.15, 0.2) is 24.3 Å². The highest BCUT2D eigenvalue weighted by Gasteiger charge is 2.26. The fraction of sp³-hybridized carbons (Fsp3) is 0.462. The molecule has 0 bridgehead atoms. The van der Waals surface area contributed by atoms with Gasteiger partial charge in [-0.3, -0.25) is 5.32 Å². The molecule has 1 unspecified atom stereocenters. The smallest absolute Gasteiger partial charge is 0.411 e. The second-order valence-corrected chi connectivity index (χ2v) is 5.06. The quantitative estimate of drug-likeness (QED) is 0.925. The van der Waals surface area contributed by atoms with Crippen LogP contribution in [0.1, 0.15) is 6.42 Å². The van der Waals surface area contributed by atoms with Gasteiger partial charge in [0, 0.05) is 31.4 Å². The molecule has 19 heavy (non-hydrogen) atoms. The summed E-state index contributed by atoms with van der Waals surface area (Å²) in [5.74, 6) is 0. The van der Waals surface area contributed by atoms with Crippen LogP contribution in [0.5, 0.6) is 0 Å². The monoisotopic (exact) mass is 283 g/mol. The molecule has 1 atom stereocenters. The van der Waals surface area contributed by atoms with E-state index in [0.717, 1.165) is 13.0 Å². The molecule has 1 aliphatic heterocycles. The molecule has 1 amide bonds. The number of amides is 1. The number of anilines is 1. The minimum atomic E-state index is -0.440. The molecule has 1 heterocycles. The van der Waals surface area contributed by atoms with Gasteiger partial charge in [-0.1, -0.05) is 11.6 Å².